The molecule has 0 bridgehead atoms. The molecular weight excluding hydrogens is 347 g/mol. The minimum absolute atomic E-state index is 0.00996. The quantitative estimate of drug-likeness (QED) is 0.867. The highest BCUT2D eigenvalue weighted by atomic mass is 35.5. The summed E-state index contributed by atoms with van der Waals surface area (Å²) in [5, 5.41) is 4.09. The first-order chi connectivity index (χ1) is 11.6. The summed E-state index contributed by atoms with van der Waals surface area (Å²) in [7, 11) is 0. The molecule has 7 heteroatoms. The third-order valence-corrected chi connectivity index (χ3v) is 4.53. The Bertz CT molecular complexity index is 713. The van der Waals surface area contributed by atoms with E-state index >= 15 is 0 Å². The first kappa shape index (κ1) is 17.0. The van der Waals surface area contributed by atoms with Gasteiger partial charge in [0.15, 0.2) is 0 Å². The van der Waals surface area contributed by atoms with Crippen molar-refractivity contribution in [1.29, 1.82) is 0 Å². The number of carbonyl (C=O) groups is 1. The topological polar surface area (TPSA) is 58.1 Å². The minimum atomic E-state index is -0.00996. The number of hydrogen-bond donors (Lipinski definition) is 1. The van der Waals surface area contributed by atoms with Crippen LogP contribution in [0.2, 0.25) is 10.0 Å². The molecule has 2 aromatic rings. The van der Waals surface area contributed by atoms with E-state index in [1.165, 1.54) is 12.8 Å². The van der Waals surface area contributed by atoms with E-state index in [1.807, 2.05) is 4.90 Å². The molecule has 24 heavy (non-hydrogen) atoms. The fourth-order valence-electron chi connectivity index (χ4n) is 2.67. The number of rotatable bonds is 3. The molecule has 0 spiro atoms. The van der Waals surface area contributed by atoms with Crippen molar-refractivity contribution in [3.8, 4) is 0 Å². The summed E-state index contributed by atoms with van der Waals surface area (Å²) in [5.74, 6) is 0.357. The number of anilines is 2. The first-order valence-electron chi connectivity index (χ1n) is 7.97. The number of amides is 1. The van der Waals surface area contributed by atoms with Crippen LogP contribution >= 0.6 is 23.2 Å². The zero-order chi connectivity index (χ0) is 16.9. The maximum atomic E-state index is 12.5. The lowest BCUT2D eigenvalue weighted by atomic mass is 10.2. The van der Waals surface area contributed by atoms with Crippen LogP contribution < -0.4 is 5.32 Å². The Balaban J connectivity index is 1.70. The Hall–Kier alpha value is -1.85. The Morgan fingerprint density at radius 3 is 2.38 bits per heavy atom. The molecule has 0 aliphatic carbocycles. The molecule has 1 amide bonds. The third kappa shape index (κ3) is 4.16. The summed E-state index contributed by atoms with van der Waals surface area (Å²) in [6.45, 7) is 1.61. The molecule has 0 atom stereocenters. The number of nitrogens with zero attached hydrogens (tertiary/aromatic N) is 3. The molecule has 1 aliphatic heterocycles. The molecule has 1 N–H and O–H groups in total. The van der Waals surface area contributed by atoms with Crippen LogP contribution in [0, 0.1) is 0 Å². The van der Waals surface area contributed by atoms with Gasteiger partial charge in [-0.2, -0.15) is 0 Å². The summed E-state index contributed by atoms with van der Waals surface area (Å²) in [5.41, 5.74) is 1.12. The predicted octanol–water partition coefficient (Wildman–Crippen LogP) is 4.54. The highest BCUT2D eigenvalue weighted by Gasteiger charge is 2.18. The predicted molar refractivity (Wildman–Crippen MR) is 96.1 cm³/mol. The molecule has 1 aliphatic rings. The first-order valence-corrected chi connectivity index (χ1v) is 8.72. The fourth-order valence-corrected chi connectivity index (χ4v) is 3.01. The number of halogens is 2. The SMILES string of the molecule is O=C(c1cnc(Nc2cc(Cl)ccc2Cl)nc1)N1CCCCCC1. The van der Waals surface area contributed by atoms with E-state index < -0.39 is 0 Å². The van der Waals surface area contributed by atoms with Crippen LogP contribution in [-0.4, -0.2) is 33.9 Å². The Kier molecular flexibility index (Phi) is 5.53. The Labute approximate surface area is 151 Å². The van der Waals surface area contributed by atoms with E-state index in [2.05, 4.69) is 15.3 Å². The lowest BCUT2D eigenvalue weighted by molar-refractivity contribution is 0.0761. The lowest BCUT2D eigenvalue weighted by Gasteiger charge is -2.19. The van der Waals surface area contributed by atoms with Crippen molar-refractivity contribution >= 4 is 40.7 Å². The summed E-state index contributed by atoms with van der Waals surface area (Å²) in [4.78, 5) is 22.8. The molecule has 0 saturated carbocycles. The summed E-state index contributed by atoms with van der Waals surface area (Å²) in [6, 6.07) is 5.10. The van der Waals surface area contributed by atoms with Gasteiger partial charge < -0.3 is 10.2 Å². The van der Waals surface area contributed by atoms with E-state index in [0.717, 1.165) is 25.9 Å². The molecule has 5 nitrogen and oxygen atoms in total. The average Bonchev–Trinajstić information content (AvgIpc) is 2.87. The van der Waals surface area contributed by atoms with E-state index in [4.69, 9.17) is 23.2 Å². The fraction of sp³-hybridized carbons (Fsp3) is 0.353. The molecule has 2 heterocycles. The van der Waals surface area contributed by atoms with Gasteiger partial charge in [-0.05, 0) is 31.0 Å². The number of hydrogen-bond acceptors (Lipinski definition) is 4. The van der Waals surface area contributed by atoms with E-state index in [-0.39, 0.29) is 5.91 Å². The molecule has 1 saturated heterocycles. The van der Waals surface area contributed by atoms with Gasteiger partial charge in [-0.3, -0.25) is 4.79 Å². The highest BCUT2D eigenvalue weighted by molar-refractivity contribution is 6.35. The molecule has 3 rings (SSSR count). The van der Waals surface area contributed by atoms with E-state index in [1.54, 1.807) is 30.6 Å². The largest absolute Gasteiger partial charge is 0.339 e. The third-order valence-electron chi connectivity index (χ3n) is 3.97. The van der Waals surface area contributed by atoms with Crippen LogP contribution in [0.25, 0.3) is 0 Å². The van der Waals surface area contributed by atoms with E-state index in [9.17, 15) is 4.79 Å². The summed E-state index contributed by atoms with van der Waals surface area (Å²) in [6.07, 6.45) is 7.56. The number of likely N-dealkylation sites (tertiary alicyclic amines) is 1. The maximum absolute atomic E-state index is 12.5. The van der Waals surface area contributed by atoms with Crippen LogP contribution in [0.1, 0.15) is 36.0 Å². The summed E-state index contributed by atoms with van der Waals surface area (Å²) < 4.78 is 0. The second kappa shape index (κ2) is 7.81. The number of nitrogens with one attached hydrogen (secondary N) is 1. The minimum Gasteiger partial charge on any atom is -0.339 e. The normalized spacial score (nSPS) is 15.0. The Morgan fingerprint density at radius 2 is 1.71 bits per heavy atom. The number of carbonyl (C=O) groups excluding carboxylic acids is 1. The van der Waals surface area contributed by atoms with Gasteiger partial charge in [0.25, 0.3) is 5.91 Å². The van der Waals surface area contributed by atoms with Crippen LogP contribution in [0.5, 0.6) is 0 Å². The van der Waals surface area contributed by atoms with Gasteiger partial charge in [-0.25, -0.2) is 9.97 Å². The van der Waals surface area contributed by atoms with Gasteiger partial charge >= 0.3 is 0 Å². The highest BCUT2D eigenvalue weighted by Crippen LogP contribution is 2.27. The molecule has 1 fully saturated rings. The Morgan fingerprint density at radius 1 is 1.04 bits per heavy atom. The van der Waals surface area contributed by atoms with Gasteiger partial charge in [0.05, 0.1) is 16.3 Å². The van der Waals surface area contributed by atoms with Crippen molar-refractivity contribution in [2.75, 3.05) is 18.4 Å². The smallest absolute Gasteiger partial charge is 0.256 e. The van der Waals surface area contributed by atoms with Crippen molar-refractivity contribution in [3.05, 3.63) is 46.2 Å². The van der Waals surface area contributed by atoms with Crippen LogP contribution in [0.3, 0.4) is 0 Å². The molecule has 0 radical (unpaired) electrons. The summed E-state index contributed by atoms with van der Waals surface area (Å²) >= 11 is 12.1. The molecule has 126 valence electrons. The monoisotopic (exact) mass is 364 g/mol. The second-order valence-electron chi connectivity index (χ2n) is 5.75. The molecule has 1 aromatic heterocycles. The van der Waals surface area contributed by atoms with Crippen LogP contribution in [-0.2, 0) is 0 Å². The van der Waals surface area contributed by atoms with Crippen LogP contribution in [0.15, 0.2) is 30.6 Å². The number of aromatic nitrogens is 2. The van der Waals surface area contributed by atoms with Crippen molar-refractivity contribution in [1.82, 2.24) is 14.9 Å². The molecule has 0 unspecified atom stereocenters. The van der Waals surface area contributed by atoms with Gasteiger partial charge in [0.2, 0.25) is 5.95 Å². The zero-order valence-corrected chi connectivity index (χ0v) is 14.6. The second-order valence-corrected chi connectivity index (χ2v) is 6.59. The van der Waals surface area contributed by atoms with Gasteiger partial charge in [0, 0.05) is 30.5 Å². The van der Waals surface area contributed by atoms with E-state index in [0.29, 0.717) is 27.2 Å². The van der Waals surface area contributed by atoms with Crippen molar-refractivity contribution in [3.63, 3.8) is 0 Å². The number of benzene rings is 1. The zero-order valence-electron chi connectivity index (χ0n) is 13.1. The lowest BCUT2D eigenvalue weighted by Crippen LogP contribution is -2.32. The van der Waals surface area contributed by atoms with Gasteiger partial charge in [-0.1, -0.05) is 36.0 Å². The maximum Gasteiger partial charge on any atom is 0.256 e. The van der Waals surface area contributed by atoms with Crippen LogP contribution in [0.4, 0.5) is 11.6 Å². The van der Waals surface area contributed by atoms with Gasteiger partial charge in [0.1, 0.15) is 0 Å². The average molecular weight is 365 g/mol. The molecular formula is C17H18Cl2N4O. The van der Waals surface area contributed by atoms with Crippen molar-refractivity contribution in [2.24, 2.45) is 0 Å². The molecule has 1 aromatic carbocycles. The van der Waals surface area contributed by atoms with Crippen molar-refractivity contribution in [2.45, 2.75) is 25.7 Å². The van der Waals surface area contributed by atoms with Crippen molar-refractivity contribution < 1.29 is 4.79 Å². The standard InChI is InChI=1S/C17H18Cl2N4O/c18-13-5-6-14(19)15(9-13)22-17-20-10-12(11-21-17)16(24)23-7-3-1-2-4-8-23/h5-6,9-11H,1-4,7-8H2,(H,20,21,22). The van der Waals surface area contributed by atoms with Gasteiger partial charge in [-0.15, -0.1) is 0 Å².